The van der Waals surface area contributed by atoms with Crippen LogP contribution >= 0.6 is 0 Å². The molecule has 0 aliphatic carbocycles. The number of carbonyl (C=O) groups excluding carboxylic acids is 1. The fraction of sp³-hybridized carbons (Fsp3) is 0.818. The van der Waals surface area contributed by atoms with Gasteiger partial charge in [-0.15, -0.1) is 0 Å². The average molecular weight is 282 g/mol. The lowest BCUT2D eigenvalue weighted by atomic mass is 9.79. The minimum absolute atomic E-state index is 0.475. The second-order valence-electron chi connectivity index (χ2n) is 4.64. The van der Waals surface area contributed by atoms with E-state index in [2.05, 4.69) is 4.74 Å². The summed E-state index contributed by atoms with van der Waals surface area (Å²) in [4.78, 5) is 22.8. The monoisotopic (exact) mass is 282 g/mol. The summed E-state index contributed by atoms with van der Waals surface area (Å²) >= 11 is 0. The lowest BCUT2D eigenvalue weighted by molar-refractivity contribution is -0.169. The summed E-state index contributed by atoms with van der Waals surface area (Å²) in [6.07, 6.45) is -5.56. The average Bonchev–Trinajstić information content (AvgIpc) is 2.94. The molecule has 0 spiro atoms. The summed E-state index contributed by atoms with van der Waals surface area (Å²) in [5, 5.41) is 9.05. The first-order valence-corrected chi connectivity index (χ1v) is 5.88. The third kappa shape index (κ3) is 2.54. The van der Waals surface area contributed by atoms with Crippen LogP contribution in [0.5, 0.6) is 0 Å². The number of carboxylic acid groups (broad SMARTS) is 1. The van der Waals surface area contributed by atoms with Gasteiger partial charge in [0.2, 0.25) is 0 Å². The zero-order valence-electron chi connectivity index (χ0n) is 9.80. The van der Waals surface area contributed by atoms with Crippen molar-refractivity contribution in [1.82, 2.24) is 0 Å². The highest BCUT2D eigenvalue weighted by Crippen LogP contribution is 2.44. The number of carboxylic acids is 1. The Morgan fingerprint density at radius 2 is 1.84 bits per heavy atom. The molecule has 0 saturated carbocycles. The van der Waals surface area contributed by atoms with Crippen molar-refractivity contribution < 1.29 is 37.3 Å². The van der Waals surface area contributed by atoms with Crippen molar-refractivity contribution in [3.8, 4) is 0 Å². The number of hydrogen-bond donors (Lipinski definition) is 1. The van der Waals surface area contributed by atoms with Gasteiger partial charge in [-0.1, -0.05) is 0 Å². The van der Waals surface area contributed by atoms with Crippen molar-refractivity contribution in [1.29, 1.82) is 0 Å². The maximum atomic E-state index is 12.3. The number of fused-ring (bicyclic) bond motifs is 2. The second-order valence-corrected chi connectivity index (χ2v) is 4.64. The van der Waals surface area contributed by atoms with Crippen molar-refractivity contribution >= 4 is 11.9 Å². The van der Waals surface area contributed by atoms with Crippen LogP contribution in [0.3, 0.4) is 0 Å². The van der Waals surface area contributed by atoms with Gasteiger partial charge in [0, 0.05) is 0 Å². The highest BCUT2D eigenvalue weighted by molar-refractivity contribution is 5.83. The lowest BCUT2D eigenvalue weighted by Crippen LogP contribution is -2.41. The van der Waals surface area contributed by atoms with Gasteiger partial charge >= 0.3 is 11.9 Å². The summed E-state index contributed by atoms with van der Waals surface area (Å²) in [5.74, 6) is -4.60. The van der Waals surface area contributed by atoms with Crippen molar-refractivity contribution in [3.05, 3.63) is 0 Å². The van der Waals surface area contributed by atoms with Gasteiger partial charge in [-0.25, -0.2) is 13.2 Å². The Balaban J connectivity index is 2.07. The van der Waals surface area contributed by atoms with Gasteiger partial charge in [0.25, 0.3) is 6.43 Å². The zero-order valence-corrected chi connectivity index (χ0v) is 9.80. The van der Waals surface area contributed by atoms with Gasteiger partial charge < -0.3 is 14.6 Å². The Bertz CT molecular complexity index is 375. The molecule has 2 bridgehead atoms. The van der Waals surface area contributed by atoms with Crippen molar-refractivity contribution in [2.45, 2.75) is 37.6 Å². The van der Waals surface area contributed by atoms with E-state index in [1.807, 2.05) is 0 Å². The summed E-state index contributed by atoms with van der Waals surface area (Å²) < 4.78 is 46.6. The van der Waals surface area contributed by atoms with Gasteiger partial charge in [0.05, 0.1) is 24.0 Å². The number of alkyl halides is 3. The fourth-order valence-electron chi connectivity index (χ4n) is 2.67. The van der Waals surface area contributed by atoms with Crippen LogP contribution in [0.15, 0.2) is 0 Å². The van der Waals surface area contributed by atoms with Crippen molar-refractivity contribution in [3.63, 3.8) is 0 Å². The fourth-order valence-corrected chi connectivity index (χ4v) is 2.67. The molecular formula is C11H13F3O5. The minimum atomic E-state index is -3.14. The molecule has 5 atom stereocenters. The first-order valence-electron chi connectivity index (χ1n) is 5.88. The van der Waals surface area contributed by atoms with E-state index in [-0.39, 0.29) is 0 Å². The van der Waals surface area contributed by atoms with Crippen LogP contribution in [0.2, 0.25) is 0 Å². The van der Waals surface area contributed by atoms with Gasteiger partial charge in [-0.2, -0.15) is 0 Å². The van der Waals surface area contributed by atoms with E-state index in [1.165, 1.54) is 0 Å². The van der Waals surface area contributed by atoms with E-state index >= 15 is 0 Å². The quantitative estimate of drug-likeness (QED) is 0.762. The van der Waals surface area contributed by atoms with Gasteiger partial charge in [0.1, 0.15) is 6.67 Å². The molecule has 0 radical (unpaired) electrons. The number of carbonyl (C=O) groups is 2. The summed E-state index contributed by atoms with van der Waals surface area (Å²) in [6.45, 7) is -1.51. The molecule has 5 nitrogen and oxygen atoms in total. The van der Waals surface area contributed by atoms with E-state index in [9.17, 15) is 22.8 Å². The lowest BCUT2D eigenvalue weighted by Gasteiger charge is -2.24. The SMILES string of the molecule is O=C(O)C1C2CCC(O2)C1C(=O)OC(CF)C(F)F. The predicted molar refractivity (Wildman–Crippen MR) is 54.4 cm³/mol. The zero-order chi connectivity index (χ0) is 14.2. The molecule has 1 N–H and O–H groups in total. The maximum Gasteiger partial charge on any atom is 0.313 e. The van der Waals surface area contributed by atoms with Crippen LogP contribution in [0.25, 0.3) is 0 Å². The second kappa shape index (κ2) is 5.36. The van der Waals surface area contributed by atoms with E-state index in [0.717, 1.165) is 0 Å². The summed E-state index contributed by atoms with van der Waals surface area (Å²) in [5.41, 5.74) is 0. The highest BCUT2D eigenvalue weighted by atomic mass is 19.3. The molecule has 2 rings (SSSR count). The van der Waals surface area contributed by atoms with Gasteiger partial charge in [0.15, 0.2) is 6.10 Å². The molecule has 108 valence electrons. The first kappa shape index (κ1) is 14.1. The molecule has 2 fully saturated rings. The smallest absolute Gasteiger partial charge is 0.313 e. The number of aliphatic carboxylic acids is 1. The molecule has 2 aliphatic heterocycles. The predicted octanol–water partition coefficient (Wildman–Crippen LogP) is 1.01. The third-order valence-electron chi connectivity index (χ3n) is 3.53. The van der Waals surface area contributed by atoms with Gasteiger partial charge in [-0.05, 0) is 12.8 Å². The number of halogens is 3. The number of esters is 1. The summed E-state index contributed by atoms with van der Waals surface area (Å²) in [6, 6.07) is 0. The molecule has 5 unspecified atom stereocenters. The van der Waals surface area contributed by atoms with E-state index in [1.54, 1.807) is 0 Å². The maximum absolute atomic E-state index is 12.3. The standard InChI is InChI=1S/C11H13F3O5/c12-3-6(9(13)14)19-11(17)8-5-2-1-4(18-5)7(8)10(15)16/h4-9H,1-3H2,(H,15,16). The Morgan fingerprint density at radius 3 is 2.32 bits per heavy atom. The molecule has 8 heteroatoms. The van der Waals surface area contributed by atoms with Crippen LogP contribution in [0.4, 0.5) is 13.2 Å². The Kier molecular flexibility index (Phi) is 3.98. The minimum Gasteiger partial charge on any atom is -0.481 e. The van der Waals surface area contributed by atoms with E-state index in [0.29, 0.717) is 12.8 Å². The molecule has 2 saturated heterocycles. The topological polar surface area (TPSA) is 72.8 Å². The van der Waals surface area contributed by atoms with Crippen LogP contribution in [0, 0.1) is 11.8 Å². The van der Waals surface area contributed by atoms with Crippen LogP contribution in [0.1, 0.15) is 12.8 Å². The molecule has 2 aliphatic rings. The highest BCUT2D eigenvalue weighted by Gasteiger charge is 2.56. The Hall–Kier alpha value is -1.31. The number of ether oxygens (including phenoxy) is 2. The third-order valence-corrected chi connectivity index (χ3v) is 3.53. The van der Waals surface area contributed by atoms with Gasteiger partial charge in [-0.3, -0.25) is 9.59 Å². The summed E-state index contributed by atoms with van der Waals surface area (Å²) in [7, 11) is 0. The molecule has 0 amide bonds. The molecule has 0 aromatic carbocycles. The Morgan fingerprint density at radius 1 is 1.26 bits per heavy atom. The first-order chi connectivity index (χ1) is 8.95. The molecule has 2 heterocycles. The Labute approximate surface area is 106 Å². The molecule has 0 aromatic heterocycles. The van der Waals surface area contributed by atoms with Crippen LogP contribution in [-0.2, 0) is 19.1 Å². The molecule has 0 aromatic rings. The number of rotatable bonds is 5. The van der Waals surface area contributed by atoms with Crippen molar-refractivity contribution in [2.75, 3.05) is 6.67 Å². The van der Waals surface area contributed by atoms with Crippen LogP contribution in [-0.4, -0.2) is 48.5 Å². The van der Waals surface area contributed by atoms with E-state index in [4.69, 9.17) is 9.84 Å². The van der Waals surface area contributed by atoms with E-state index < -0.39 is 55.2 Å². The number of hydrogen-bond acceptors (Lipinski definition) is 4. The normalized spacial score (nSPS) is 34.5. The van der Waals surface area contributed by atoms with Crippen molar-refractivity contribution in [2.24, 2.45) is 11.8 Å². The largest absolute Gasteiger partial charge is 0.481 e. The molecular weight excluding hydrogens is 269 g/mol. The van der Waals surface area contributed by atoms with Crippen LogP contribution < -0.4 is 0 Å². The molecule has 19 heavy (non-hydrogen) atoms.